The fourth-order valence-corrected chi connectivity index (χ4v) is 2.84. The van der Waals surface area contributed by atoms with Gasteiger partial charge in [-0.15, -0.1) is 0 Å². The van der Waals surface area contributed by atoms with Crippen LogP contribution in [0.4, 0.5) is 0 Å². The van der Waals surface area contributed by atoms with Gasteiger partial charge in [-0.1, -0.05) is 19.9 Å². The molecule has 106 valence electrons. The van der Waals surface area contributed by atoms with Crippen LogP contribution < -0.4 is 4.74 Å². The highest BCUT2D eigenvalue weighted by Crippen LogP contribution is 2.36. The predicted octanol–water partition coefficient (Wildman–Crippen LogP) is 3.66. The lowest BCUT2D eigenvalue weighted by atomic mass is 10.0. The van der Waals surface area contributed by atoms with Crippen LogP contribution in [-0.2, 0) is 0 Å². The quantitative estimate of drug-likeness (QED) is 0.809. The van der Waals surface area contributed by atoms with Crippen LogP contribution in [0.5, 0.6) is 5.88 Å². The maximum atomic E-state index is 5.87. The van der Waals surface area contributed by atoms with E-state index in [0.29, 0.717) is 12.0 Å². The van der Waals surface area contributed by atoms with E-state index in [1.165, 1.54) is 24.9 Å². The van der Waals surface area contributed by atoms with E-state index in [-0.39, 0.29) is 6.10 Å². The lowest BCUT2D eigenvalue weighted by Crippen LogP contribution is -2.28. The molecule has 0 amide bonds. The first-order valence-corrected chi connectivity index (χ1v) is 7.43. The van der Waals surface area contributed by atoms with Crippen molar-refractivity contribution >= 4 is 0 Å². The van der Waals surface area contributed by atoms with E-state index in [9.17, 15) is 0 Å². The summed E-state index contributed by atoms with van der Waals surface area (Å²) in [5.74, 6) is 1.52. The molecule has 2 rings (SSSR count). The Morgan fingerprint density at radius 3 is 2.84 bits per heavy atom. The molecule has 0 aromatic carbocycles. The Labute approximate surface area is 117 Å². The number of pyridine rings is 1. The minimum atomic E-state index is 0.175. The van der Waals surface area contributed by atoms with Crippen molar-refractivity contribution in [3.63, 3.8) is 0 Å². The predicted molar refractivity (Wildman–Crippen MR) is 78.4 cm³/mol. The normalized spacial score (nSPS) is 20.4. The molecule has 2 heterocycles. The van der Waals surface area contributed by atoms with Gasteiger partial charge in [0.05, 0.1) is 6.10 Å². The molecule has 0 aliphatic carbocycles. The Hall–Kier alpha value is -1.09. The standard InChI is InChI=1S/C16H26N2O/c1-12(2)11-18-10-6-8-15(18)14-7-5-9-17-16(14)19-13(3)4/h5,7,9,12-13,15H,6,8,10-11H2,1-4H3. The van der Waals surface area contributed by atoms with Crippen molar-refractivity contribution in [1.29, 1.82) is 0 Å². The van der Waals surface area contributed by atoms with E-state index in [0.717, 1.165) is 12.4 Å². The second kappa shape index (κ2) is 6.38. The van der Waals surface area contributed by atoms with Crippen LogP contribution in [0.25, 0.3) is 0 Å². The smallest absolute Gasteiger partial charge is 0.218 e. The minimum absolute atomic E-state index is 0.175. The van der Waals surface area contributed by atoms with Crippen molar-refractivity contribution < 1.29 is 4.74 Å². The van der Waals surface area contributed by atoms with E-state index >= 15 is 0 Å². The molecule has 3 heteroatoms. The Balaban J connectivity index is 2.20. The molecular weight excluding hydrogens is 236 g/mol. The van der Waals surface area contributed by atoms with Crippen LogP contribution in [0.3, 0.4) is 0 Å². The summed E-state index contributed by atoms with van der Waals surface area (Å²) in [6, 6.07) is 4.67. The third-order valence-corrected chi connectivity index (χ3v) is 3.47. The average molecular weight is 262 g/mol. The molecule has 1 aromatic heterocycles. The van der Waals surface area contributed by atoms with Crippen LogP contribution in [0.2, 0.25) is 0 Å². The molecule has 19 heavy (non-hydrogen) atoms. The molecule has 0 bridgehead atoms. The Morgan fingerprint density at radius 1 is 1.37 bits per heavy atom. The van der Waals surface area contributed by atoms with Crippen molar-refractivity contribution in [2.75, 3.05) is 13.1 Å². The van der Waals surface area contributed by atoms with Gasteiger partial charge in [0, 0.05) is 24.3 Å². The average Bonchev–Trinajstić information content (AvgIpc) is 2.76. The number of nitrogens with zero attached hydrogens (tertiary/aromatic N) is 2. The third-order valence-electron chi connectivity index (χ3n) is 3.47. The van der Waals surface area contributed by atoms with Gasteiger partial charge in [-0.25, -0.2) is 4.98 Å². The Kier molecular flexibility index (Phi) is 4.81. The van der Waals surface area contributed by atoms with E-state index in [4.69, 9.17) is 4.74 Å². The van der Waals surface area contributed by atoms with Gasteiger partial charge in [0.15, 0.2) is 0 Å². The summed E-state index contributed by atoms with van der Waals surface area (Å²) in [6.07, 6.45) is 4.48. The Bertz CT molecular complexity index is 403. The summed E-state index contributed by atoms with van der Waals surface area (Å²) in [6.45, 7) is 11.0. The zero-order chi connectivity index (χ0) is 13.8. The van der Waals surface area contributed by atoms with E-state index in [2.05, 4.69) is 43.6 Å². The third kappa shape index (κ3) is 3.69. The summed E-state index contributed by atoms with van der Waals surface area (Å²) in [5.41, 5.74) is 1.26. The molecule has 0 spiro atoms. The molecule has 1 aliphatic rings. The number of rotatable bonds is 5. The van der Waals surface area contributed by atoms with Gasteiger partial charge in [0.1, 0.15) is 0 Å². The molecule has 1 fully saturated rings. The summed E-state index contributed by atoms with van der Waals surface area (Å²) in [7, 11) is 0. The molecule has 3 nitrogen and oxygen atoms in total. The van der Waals surface area contributed by atoms with E-state index in [1.54, 1.807) is 0 Å². The Morgan fingerprint density at radius 2 is 2.16 bits per heavy atom. The number of ether oxygens (including phenoxy) is 1. The van der Waals surface area contributed by atoms with Crippen molar-refractivity contribution in [3.8, 4) is 5.88 Å². The molecule has 1 unspecified atom stereocenters. The van der Waals surface area contributed by atoms with E-state index in [1.807, 2.05) is 12.3 Å². The van der Waals surface area contributed by atoms with Gasteiger partial charge in [0.25, 0.3) is 0 Å². The second-order valence-electron chi connectivity index (χ2n) is 6.11. The van der Waals surface area contributed by atoms with E-state index < -0.39 is 0 Å². The van der Waals surface area contributed by atoms with Gasteiger partial charge >= 0.3 is 0 Å². The number of hydrogen-bond donors (Lipinski definition) is 0. The second-order valence-corrected chi connectivity index (χ2v) is 6.11. The van der Waals surface area contributed by atoms with Crippen molar-refractivity contribution in [2.45, 2.75) is 52.7 Å². The largest absolute Gasteiger partial charge is 0.475 e. The maximum absolute atomic E-state index is 5.87. The summed E-state index contributed by atoms with van der Waals surface area (Å²) >= 11 is 0. The SMILES string of the molecule is CC(C)CN1CCCC1c1cccnc1OC(C)C. The zero-order valence-electron chi connectivity index (χ0n) is 12.6. The minimum Gasteiger partial charge on any atom is -0.475 e. The van der Waals surface area contributed by atoms with Crippen LogP contribution in [0, 0.1) is 5.92 Å². The molecule has 1 aromatic rings. The highest BCUT2D eigenvalue weighted by Gasteiger charge is 2.29. The maximum Gasteiger partial charge on any atom is 0.218 e. The lowest BCUT2D eigenvalue weighted by Gasteiger charge is -2.27. The highest BCUT2D eigenvalue weighted by molar-refractivity contribution is 5.30. The van der Waals surface area contributed by atoms with Gasteiger partial charge in [-0.2, -0.15) is 0 Å². The lowest BCUT2D eigenvalue weighted by molar-refractivity contribution is 0.202. The first-order chi connectivity index (χ1) is 9.08. The van der Waals surface area contributed by atoms with Crippen LogP contribution in [0.1, 0.15) is 52.1 Å². The monoisotopic (exact) mass is 262 g/mol. The molecule has 1 aliphatic heterocycles. The highest BCUT2D eigenvalue weighted by atomic mass is 16.5. The van der Waals surface area contributed by atoms with Crippen LogP contribution in [0.15, 0.2) is 18.3 Å². The molecule has 1 atom stereocenters. The summed E-state index contributed by atoms with van der Waals surface area (Å²) < 4.78 is 5.87. The number of likely N-dealkylation sites (tertiary alicyclic amines) is 1. The fourth-order valence-electron chi connectivity index (χ4n) is 2.84. The van der Waals surface area contributed by atoms with Gasteiger partial charge < -0.3 is 4.74 Å². The molecule has 0 radical (unpaired) electrons. The number of aromatic nitrogens is 1. The molecule has 0 N–H and O–H groups in total. The van der Waals surface area contributed by atoms with Gasteiger partial charge in [-0.3, -0.25) is 4.90 Å². The van der Waals surface area contributed by atoms with Crippen molar-refractivity contribution in [2.24, 2.45) is 5.92 Å². The summed E-state index contributed by atoms with van der Waals surface area (Å²) in [5, 5.41) is 0. The van der Waals surface area contributed by atoms with Gasteiger partial charge in [-0.05, 0) is 45.2 Å². The number of hydrogen-bond acceptors (Lipinski definition) is 3. The first-order valence-electron chi connectivity index (χ1n) is 7.43. The van der Waals surface area contributed by atoms with Crippen molar-refractivity contribution in [3.05, 3.63) is 23.9 Å². The summed E-state index contributed by atoms with van der Waals surface area (Å²) in [4.78, 5) is 7.01. The fraction of sp³-hybridized carbons (Fsp3) is 0.688. The first kappa shape index (κ1) is 14.3. The zero-order valence-corrected chi connectivity index (χ0v) is 12.6. The van der Waals surface area contributed by atoms with Crippen LogP contribution >= 0.6 is 0 Å². The van der Waals surface area contributed by atoms with Gasteiger partial charge in [0.2, 0.25) is 5.88 Å². The molecule has 0 saturated carbocycles. The topological polar surface area (TPSA) is 25.4 Å². The van der Waals surface area contributed by atoms with Crippen molar-refractivity contribution in [1.82, 2.24) is 9.88 Å². The molecular formula is C16H26N2O. The molecule has 1 saturated heterocycles. The van der Waals surface area contributed by atoms with Crippen LogP contribution in [-0.4, -0.2) is 29.1 Å².